The molecule has 0 aromatic carbocycles. The van der Waals surface area contributed by atoms with Gasteiger partial charge in [-0.3, -0.25) is 4.99 Å². The maximum Gasteiger partial charge on any atom is 0.410 e. The van der Waals surface area contributed by atoms with Gasteiger partial charge in [0.05, 0.1) is 0 Å². The van der Waals surface area contributed by atoms with Gasteiger partial charge in [0.25, 0.3) is 0 Å². The van der Waals surface area contributed by atoms with Crippen LogP contribution in [0.1, 0.15) is 72.6 Å². The van der Waals surface area contributed by atoms with Crippen molar-refractivity contribution >= 4 is 12.1 Å². The summed E-state index contributed by atoms with van der Waals surface area (Å²) < 4.78 is 5.54. The number of nitrogens with zero attached hydrogens (tertiary/aromatic N) is 3. The van der Waals surface area contributed by atoms with Gasteiger partial charge >= 0.3 is 6.09 Å². The molecule has 174 valence electrons. The molecule has 2 aliphatic rings. The lowest BCUT2D eigenvalue weighted by molar-refractivity contribution is 0.0162. The van der Waals surface area contributed by atoms with E-state index in [0.29, 0.717) is 12.0 Å². The summed E-state index contributed by atoms with van der Waals surface area (Å²) in [7, 11) is 1.84. The summed E-state index contributed by atoms with van der Waals surface area (Å²) in [4.78, 5) is 21.2. The van der Waals surface area contributed by atoms with Crippen LogP contribution in [0.5, 0.6) is 0 Å². The van der Waals surface area contributed by atoms with Gasteiger partial charge in [-0.25, -0.2) is 4.79 Å². The minimum atomic E-state index is -0.435. The van der Waals surface area contributed by atoms with Crippen molar-refractivity contribution < 1.29 is 9.53 Å². The molecule has 2 aliphatic heterocycles. The lowest BCUT2D eigenvalue weighted by atomic mass is 9.95. The first-order chi connectivity index (χ1) is 14.3. The lowest BCUT2D eigenvalue weighted by Crippen LogP contribution is -2.49. The van der Waals surface area contributed by atoms with Crippen LogP contribution in [-0.4, -0.2) is 79.8 Å². The summed E-state index contributed by atoms with van der Waals surface area (Å²) >= 11 is 0. The van der Waals surface area contributed by atoms with Gasteiger partial charge in [0.2, 0.25) is 0 Å². The Kier molecular flexibility index (Phi) is 10.2. The number of piperidine rings is 2. The Morgan fingerprint density at radius 2 is 1.90 bits per heavy atom. The first-order valence-corrected chi connectivity index (χ1v) is 12.0. The van der Waals surface area contributed by atoms with E-state index in [0.717, 1.165) is 38.4 Å². The third-order valence-electron chi connectivity index (χ3n) is 6.00. The largest absolute Gasteiger partial charge is 0.444 e. The summed E-state index contributed by atoms with van der Waals surface area (Å²) in [6, 6.07) is 0.506. The molecule has 7 heteroatoms. The van der Waals surface area contributed by atoms with Gasteiger partial charge in [-0.1, -0.05) is 13.3 Å². The monoisotopic (exact) mass is 423 g/mol. The van der Waals surface area contributed by atoms with Gasteiger partial charge < -0.3 is 25.2 Å². The molecule has 0 saturated carbocycles. The van der Waals surface area contributed by atoms with E-state index in [-0.39, 0.29) is 6.09 Å². The van der Waals surface area contributed by atoms with Crippen molar-refractivity contribution in [1.29, 1.82) is 0 Å². The lowest BCUT2D eigenvalue weighted by Gasteiger charge is -2.34. The van der Waals surface area contributed by atoms with Gasteiger partial charge in [-0.2, -0.15) is 0 Å². The molecule has 30 heavy (non-hydrogen) atoms. The Labute approximate surface area is 184 Å². The van der Waals surface area contributed by atoms with Crippen molar-refractivity contribution in [3.63, 3.8) is 0 Å². The van der Waals surface area contributed by atoms with Crippen molar-refractivity contribution in [3.05, 3.63) is 0 Å². The number of unbranched alkanes of at least 4 members (excludes halogenated alkanes) is 1. The predicted molar refractivity (Wildman–Crippen MR) is 124 cm³/mol. The molecule has 2 saturated heterocycles. The zero-order chi connectivity index (χ0) is 22.0. The van der Waals surface area contributed by atoms with Crippen LogP contribution in [0.2, 0.25) is 0 Å². The molecule has 1 amide bonds. The second kappa shape index (κ2) is 12.4. The van der Waals surface area contributed by atoms with Crippen LogP contribution in [-0.2, 0) is 4.74 Å². The molecule has 2 heterocycles. The van der Waals surface area contributed by atoms with Crippen LogP contribution in [0, 0.1) is 5.92 Å². The first-order valence-electron chi connectivity index (χ1n) is 12.0. The molecule has 1 atom stereocenters. The maximum atomic E-state index is 12.3. The Balaban J connectivity index is 1.66. The number of ether oxygens (including phenoxy) is 1. The molecule has 0 radical (unpaired) electrons. The number of hydrogen-bond acceptors (Lipinski definition) is 4. The Morgan fingerprint density at radius 3 is 2.53 bits per heavy atom. The van der Waals surface area contributed by atoms with Crippen molar-refractivity contribution in [2.45, 2.75) is 84.3 Å². The van der Waals surface area contributed by atoms with Crippen LogP contribution in [0.15, 0.2) is 4.99 Å². The highest BCUT2D eigenvalue weighted by Crippen LogP contribution is 2.21. The number of likely N-dealkylation sites (tertiary alicyclic amines) is 2. The highest BCUT2D eigenvalue weighted by molar-refractivity contribution is 5.79. The van der Waals surface area contributed by atoms with Crippen molar-refractivity contribution in [2.24, 2.45) is 10.9 Å². The van der Waals surface area contributed by atoms with E-state index in [4.69, 9.17) is 4.74 Å². The number of carbonyl (C=O) groups excluding carboxylic acids is 1. The van der Waals surface area contributed by atoms with E-state index in [1.165, 1.54) is 51.7 Å². The van der Waals surface area contributed by atoms with E-state index in [2.05, 4.69) is 27.4 Å². The van der Waals surface area contributed by atoms with Crippen LogP contribution in [0.25, 0.3) is 0 Å². The van der Waals surface area contributed by atoms with E-state index in [1.807, 2.05) is 32.7 Å². The SMILES string of the molecule is CCCCN1CCC(NC(=NC)NCCC2CCCN(C(=O)OC(C)(C)C)C2)CC1. The van der Waals surface area contributed by atoms with E-state index >= 15 is 0 Å². The Morgan fingerprint density at radius 1 is 1.17 bits per heavy atom. The van der Waals surface area contributed by atoms with Crippen molar-refractivity contribution in [3.8, 4) is 0 Å². The number of carbonyl (C=O) groups is 1. The quantitative estimate of drug-likeness (QED) is 0.485. The average Bonchev–Trinajstić information content (AvgIpc) is 2.71. The summed E-state index contributed by atoms with van der Waals surface area (Å²) in [6.45, 7) is 14.1. The molecule has 2 rings (SSSR count). The third-order valence-corrected chi connectivity index (χ3v) is 6.00. The van der Waals surface area contributed by atoms with Gasteiger partial charge in [0, 0.05) is 45.8 Å². The van der Waals surface area contributed by atoms with Crippen molar-refractivity contribution in [1.82, 2.24) is 20.4 Å². The molecule has 2 N–H and O–H groups in total. The number of nitrogens with one attached hydrogen (secondary N) is 2. The topological polar surface area (TPSA) is 69.2 Å². The van der Waals surface area contributed by atoms with Gasteiger partial charge in [0.1, 0.15) is 5.60 Å². The minimum absolute atomic E-state index is 0.178. The van der Waals surface area contributed by atoms with Crippen LogP contribution >= 0.6 is 0 Å². The molecular formula is C23H45N5O2. The number of hydrogen-bond donors (Lipinski definition) is 2. The normalized spacial score (nSPS) is 22.1. The summed E-state index contributed by atoms with van der Waals surface area (Å²) in [5, 5.41) is 7.08. The van der Waals surface area contributed by atoms with Crippen LogP contribution < -0.4 is 10.6 Å². The molecular weight excluding hydrogens is 378 g/mol. The molecule has 0 spiro atoms. The molecule has 0 aromatic heterocycles. The van der Waals surface area contributed by atoms with Gasteiger partial charge in [-0.15, -0.1) is 0 Å². The number of guanidine groups is 1. The second-order valence-electron chi connectivity index (χ2n) is 9.84. The molecule has 1 unspecified atom stereocenters. The molecule has 0 aliphatic carbocycles. The predicted octanol–water partition coefficient (Wildman–Crippen LogP) is 3.45. The molecule has 2 fully saturated rings. The minimum Gasteiger partial charge on any atom is -0.444 e. The number of amides is 1. The Bertz CT molecular complexity index is 538. The Hall–Kier alpha value is -1.50. The summed E-state index contributed by atoms with van der Waals surface area (Å²) in [5.74, 6) is 1.42. The third kappa shape index (κ3) is 9.11. The van der Waals surface area contributed by atoms with Crippen LogP contribution in [0.4, 0.5) is 4.79 Å². The number of rotatable bonds is 7. The average molecular weight is 424 g/mol. The maximum absolute atomic E-state index is 12.3. The smallest absolute Gasteiger partial charge is 0.410 e. The zero-order valence-electron chi connectivity index (χ0n) is 20.0. The standard InChI is InChI=1S/C23H45N5O2/c1-6-7-14-27-16-11-20(12-17-27)26-21(24-5)25-13-10-19-9-8-15-28(18-19)22(29)30-23(2,3)4/h19-20H,6-18H2,1-5H3,(H2,24,25,26). The number of aliphatic imine (C=N–C) groups is 1. The highest BCUT2D eigenvalue weighted by atomic mass is 16.6. The summed E-state index contributed by atoms with van der Waals surface area (Å²) in [5.41, 5.74) is -0.435. The van der Waals surface area contributed by atoms with Gasteiger partial charge in [-0.05, 0) is 71.8 Å². The fraction of sp³-hybridized carbons (Fsp3) is 0.913. The van der Waals surface area contributed by atoms with Gasteiger partial charge in [0.15, 0.2) is 5.96 Å². The van der Waals surface area contributed by atoms with Crippen molar-refractivity contribution in [2.75, 3.05) is 46.3 Å². The summed E-state index contributed by atoms with van der Waals surface area (Å²) in [6.07, 6.45) is 8.00. The molecule has 7 nitrogen and oxygen atoms in total. The highest BCUT2D eigenvalue weighted by Gasteiger charge is 2.27. The fourth-order valence-electron chi connectivity index (χ4n) is 4.26. The molecule has 0 bridgehead atoms. The van der Waals surface area contributed by atoms with E-state index in [1.54, 1.807) is 0 Å². The zero-order valence-corrected chi connectivity index (χ0v) is 20.0. The van der Waals surface area contributed by atoms with E-state index < -0.39 is 5.60 Å². The second-order valence-corrected chi connectivity index (χ2v) is 9.84. The van der Waals surface area contributed by atoms with E-state index in [9.17, 15) is 4.79 Å². The fourth-order valence-corrected chi connectivity index (χ4v) is 4.26. The molecule has 0 aromatic rings. The van der Waals surface area contributed by atoms with Crippen LogP contribution in [0.3, 0.4) is 0 Å². The first kappa shape index (κ1) is 24.8.